The van der Waals surface area contributed by atoms with Crippen LogP contribution in [0.1, 0.15) is 96.8 Å². The Morgan fingerprint density at radius 1 is 0.774 bits per heavy atom. The van der Waals surface area contributed by atoms with Crippen LogP contribution in [0.2, 0.25) is 0 Å². The molecule has 0 fully saturated rings. The molecule has 0 aromatic rings. The van der Waals surface area contributed by atoms with Crippen LogP contribution in [0, 0.1) is 0 Å². The highest BCUT2D eigenvalue weighted by Crippen LogP contribution is 2.10. The molecule has 31 heavy (non-hydrogen) atoms. The van der Waals surface area contributed by atoms with Gasteiger partial charge in [0, 0.05) is 13.5 Å². The summed E-state index contributed by atoms with van der Waals surface area (Å²) < 4.78 is 0. The van der Waals surface area contributed by atoms with Crippen LogP contribution < -0.4 is 5.32 Å². The van der Waals surface area contributed by atoms with Crippen molar-refractivity contribution in [2.45, 2.75) is 96.8 Å². The molecule has 0 aliphatic heterocycles. The van der Waals surface area contributed by atoms with Crippen molar-refractivity contribution in [1.82, 2.24) is 10.2 Å². The lowest BCUT2D eigenvalue weighted by atomic mass is 10.1. The molecule has 7 nitrogen and oxygen atoms in total. The molecular weight excluding hydrogens is 396 g/mol. The zero-order valence-corrected chi connectivity index (χ0v) is 20.0. The van der Waals surface area contributed by atoms with Crippen molar-refractivity contribution in [2.75, 3.05) is 27.2 Å². The van der Waals surface area contributed by atoms with Gasteiger partial charge in [0.05, 0.1) is 6.54 Å². The maximum absolute atomic E-state index is 11.7. The smallest absolute Gasteiger partial charge is 0.323 e. The molecule has 1 amide bonds. The molecule has 0 atom stereocenters. The predicted octanol–water partition coefficient (Wildman–Crippen LogP) is 4.86. The number of carboxylic acid groups (broad SMARTS) is 2. The Labute approximate surface area is 189 Å². The molecule has 0 aliphatic carbocycles. The molecule has 0 bridgehead atoms. The van der Waals surface area contributed by atoms with E-state index in [1.54, 1.807) is 14.1 Å². The first-order valence-electron chi connectivity index (χ1n) is 11.8. The minimum Gasteiger partial charge on any atom is -0.480 e. The van der Waals surface area contributed by atoms with Crippen LogP contribution in [-0.4, -0.2) is 60.1 Å². The van der Waals surface area contributed by atoms with Crippen LogP contribution in [0.4, 0.5) is 0 Å². The Morgan fingerprint density at radius 2 is 1.26 bits per heavy atom. The Morgan fingerprint density at radius 3 is 1.68 bits per heavy atom. The number of nitrogens with one attached hydrogen (secondary N) is 1. The van der Waals surface area contributed by atoms with Gasteiger partial charge in [-0.25, -0.2) is 0 Å². The number of unbranched alkanes of at least 4 members (excludes halogenated alkanes) is 11. The zero-order chi connectivity index (χ0) is 23.7. The van der Waals surface area contributed by atoms with E-state index < -0.39 is 11.9 Å². The molecule has 3 N–H and O–H groups in total. The number of hydrogen-bond donors (Lipinski definition) is 3. The van der Waals surface area contributed by atoms with Gasteiger partial charge >= 0.3 is 11.9 Å². The summed E-state index contributed by atoms with van der Waals surface area (Å²) in [5, 5.41) is 19.0. The Hall–Kier alpha value is -1.89. The number of aliphatic carboxylic acids is 2. The van der Waals surface area contributed by atoms with Crippen molar-refractivity contribution in [3.05, 3.63) is 12.2 Å². The van der Waals surface area contributed by atoms with Gasteiger partial charge in [-0.15, -0.1) is 0 Å². The number of allylic oxidation sites excluding steroid dienone is 2. The van der Waals surface area contributed by atoms with Gasteiger partial charge in [-0.1, -0.05) is 70.4 Å². The van der Waals surface area contributed by atoms with Gasteiger partial charge in [0.25, 0.3) is 0 Å². The van der Waals surface area contributed by atoms with E-state index in [-0.39, 0.29) is 19.0 Å². The molecule has 0 radical (unpaired) electrons. The fourth-order valence-corrected chi connectivity index (χ4v) is 2.98. The Balaban J connectivity index is 0. The normalized spacial score (nSPS) is 10.5. The average Bonchev–Trinajstić information content (AvgIpc) is 2.70. The second kappa shape index (κ2) is 24.4. The standard InChI is InChI=1S/C21H39NO3.C3H7NO2/c1-3-4-5-6-7-8-9-10-11-12-13-14-15-16-17-18-20(23)22(2)19-21(24)25;1-4-2-3(5)6/h10-11H,3-9,12-19H2,1-2H3,(H,24,25);4H,2H2,1H3,(H,5,6)/b11-10-;. The predicted molar refractivity (Wildman–Crippen MR) is 126 cm³/mol. The van der Waals surface area contributed by atoms with E-state index in [0.717, 1.165) is 25.7 Å². The number of rotatable bonds is 19. The summed E-state index contributed by atoms with van der Waals surface area (Å²) in [5.74, 6) is -1.85. The van der Waals surface area contributed by atoms with Crippen molar-refractivity contribution in [3.63, 3.8) is 0 Å². The molecule has 0 rings (SSSR count). The van der Waals surface area contributed by atoms with Gasteiger partial charge in [-0.05, 0) is 39.2 Å². The minimum atomic E-state index is -0.958. The second-order valence-corrected chi connectivity index (χ2v) is 7.90. The summed E-state index contributed by atoms with van der Waals surface area (Å²) in [4.78, 5) is 33.0. The van der Waals surface area contributed by atoms with Crippen LogP contribution in [-0.2, 0) is 14.4 Å². The fraction of sp³-hybridized carbons (Fsp3) is 0.792. The highest BCUT2D eigenvalue weighted by atomic mass is 16.4. The molecule has 182 valence electrons. The topological polar surface area (TPSA) is 107 Å². The molecule has 0 spiro atoms. The summed E-state index contributed by atoms with van der Waals surface area (Å²) in [6.45, 7) is 2.09. The number of carboxylic acids is 2. The van der Waals surface area contributed by atoms with Crippen LogP contribution in [0.3, 0.4) is 0 Å². The molecule has 0 aromatic heterocycles. The molecule has 0 saturated carbocycles. The summed E-state index contributed by atoms with van der Waals surface area (Å²) in [6.07, 6.45) is 21.1. The lowest BCUT2D eigenvalue weighted by Gasteiger charge is -2.14. The zero-order valence-electron chi connectivity index (χ0n) is 20.0. The number of likely N-dealkylation sites (N-methyl/N-ethyl adjacent to an activating group) is 2. The van der Waals surface area contributed by atoms with Gasteiger partial charge in [-0.2, -0.15) is 0 Å². The largest absolute Gasteiger partial charge is 0.480 e. The number of carbonyl (C=O) groups is 3. The van der Waals surface area contributed by atoms with Gasteiger partial charge < -0.3 is 20.4 Å². The highest BCUT2D eigenvalue weighted by Gasteiger charge is 2.10. The van der Waals surface area contributed by atoms with Crippen molar-refractivity contribution in [2.24, 2.45) is 0 Å². The van der Waals surface area contributed by atoms with Crippen molar-refractivity contribution in [1.29, 1.82) is 0 Å². The molecule has 0 heterocycles. The molecule has 0 saturated heterocycles. The van der Waals surface area contributed by atoms with Crippen molar-refractivity contribution >= 4 is 17.8 Å². The van der Waals surface area contributed by atoms with Gasteiger partial charge in [0.15, 0.2) is 0 Å². The van der Waals surface area contributed by atoms with E-state index in [2.05, 4.69) is 24.4 Å². The van der Waals surface area contributed by atoms with Crippen LogP contribution >= 0.6 is 0 Å². The summed E-state index contributed by atoms with van der Waals surface area (Å²) in [6, 6.07) is 0. The van der Waals surface area contributed by atoms with E-state index in [4.69, 9.17) is 10.2 Å². The van der Waals surface area contributed by atoms with E-state index in [0.29, 0.717) is 6.42 Å². The molecule has 0 unspecified atom stereocenters. The third kappa shape index (κ3) is 28.1. The quantitative estimate of drug-likeness (QED) is 0.195. The minimum absolute atomic E-state index is 0.0417. The van der Waals surface area contributed by atoms with Crippen molar-refractivity contribution < 1.29 is 24.6 Å². The fourth-order valence-electron chi connectivity index (χ4n) is 2.98. The number of amides is 1. The maximum atomic E-state index is 11.7. The average molecular weight is 443 g/mol. The first kappa shape index (κ1) is 31.3. The second-order valence-electron chi connectivity index (χ2n) is 7.90. The summed E-state index contributed by atoms with van der Waals surface area (Å²) in [7, 11) is 3.14. The molecule has 0 aliphatic rings. The lowest BCUT2D eigenvalue weighted by Crippen LogP contribution is -2.31. The van der Waals surface area contributed by atoms with E-state index >= 15 is 0 Å². The molecule has 7 heteroatoms. The SMILES string of the molecule is CCCCCCCC/C=C\CCCCCCCC(=O)N(C)CC(=O)O.CNCC(=O)O. The van der Waals surface area contributed by atoms with Gasteiger partial charge in [0.1, 0.15) is 6.54 Å². The third-order valence-corrected chi connectivity index (χ3v) is 4.78. The van der Waals surface area contributed by atoms with Crippen LogP contribution in [0.25, 0.3) is 0 Å². The lowest BCUT2D eigenvalue weighted by molar-refractivity contribution is -0.143. The van der Waals surface area contributed by atoms with Crippen LogP contribution in [0.15, 0.2) is 12.2 Å². The number of nitrogens with zero attached hydrogens (tertiary/aromatic N) is 1. The Bertz CT molecular complexity index is 481. The highest BCUT2D eigenvalue weighted by molar-refractivity contribution is 5.80. The molecule has 0 aromatic carbocycles. The number of carbonyl (C=O) groups excluding carboxylic acids is 1. The monoisotopic (exact) mass is 442 g/mol. The first-order valence-corrected chi connectivity index (χ1v) is 11.8. The summed E-state index contributed by atoms with van der Waals surface area (Å²) in [5.41, 5.74) is 0. The van der Waals surface area contributed by atoms with Gasteiger partial charge in [0.2, 0.25) is 5.91 Å². The maximum Gasteiger partial charge on any atom is 0.323 e. The van der Waals surface area contributed by atoms with Crippen molar-refractivity contribution in [3.8, 4) is 0 Å². The van der Waals surface area contributed by atoms with Gasteiger partial charge in [-0.3, -0.25) is 14.4 Å². The van der Waals surface area contributed by atoms with E-state index in [9.17, 15) is 14.4 Å². The Kier molecular flexibility index (Phi) is 24.6. The summed E-state index contributed by atoms with van der Waals surface area (Å²) >= 11 is 0. The van der Waals surface area contributed by atoms with Crippen LogP contribution in [0.5, 0.6) is 0 Å². The molecular formula is C24H46N2O5. The third-order valence-electron chi connectivity index (χ3n) is 4.78. The number of hydrogen-bond acceptors (Lipinski definition) is 4. The van der Waals surface area contributed by atoms with E-state index in [1.165, 1.54) is 62.7 Å². The van der Waals surface area contributed by atoms with E-state index in [1.807, 2.05) is 0 Å². The first-order chi connectivity index (χ1) is 14.8.